The van der Waals surface area contributed by atoms with E-state index in [4.69, 9.17) is 5.11 Å². The van der Waals surface area contributed by atoms with Crippen LogP contribution in [0.3, 0.4) is 0 Å². The van der Waals surface area contributed by atoms with Crippen LogP contribution in [-0.2, 0) is 19.4 Å². The number of rotatable bonds is 7. The van der Waals surface area contributed by atoms with E-state index in [1.54, 1.807) is 20.8 Å². The molecule has 0 fully saturated rings. The third-order valence-corrected chi connectivity index (χ3v) is 3.33. The van der Waals surface area contributed by atoms with Crippen molar-refractivity contribution in [3.05, 3.63) is 0 Å². The van der Waals surface area contributed by atoms with Crippen molar-refractivity contribution in [3.63, 3.8) is 0 Å². The standard InChI is InChI=1S/C11H21NO5S/c1-8(7-18(4,16)17)12-9(13)5-11(2,3)6-10(14)15/h8H,5-7H2,1-4H3,(H,12,13)(H,14,15). The molecule has 7 heteroatoms. The van der Waals surface area contributed by atoms with Crippen LogP contribution in [0.4, 0.5) is 0 Å². The van der Waals surface area contributed by atoms with Gasteiger partial charge in [0.05, 0.1) is 12.2 Å². The molecule has 0 radical (unpaired) electrons. The lowest BCUT2D eigenvalue weighted by atomic mass is 9.85. The maximum atomic E-state index is 11.6. The second-order valence-electron chi connectivity index (χ2n) is 5.47. The first kappa shape index (κ1) is 16.9. The van der Waals surface area contributed by atoms with E-state index in [1.807, 2.05) is 0 Å². The summed E-state index contributed by atoms with van der Waals surface area (Å²) in [5.74, 6) is -1.42. The Morgan fingerprint density at radius 2 is 1.78 bits per heavy atom. The van der Waals surface area contributed by atoms with Crippen LogP contribution >= 0.6 is 0 Å². The second kappa shape index (κ2) is 6.17. The summed E-state index contributed by atoms with van der Waals surface area (Å²) in [5, 5.41) is 11.2. The third-order valence-electron chi connectivity index (χ3n) is 2.23. The van der Waals surface area contributed by atoms with Crippen molar-refractivity contribution >= 4 is 21.7 Å². The first-order valence-corrected chi connectivity index (χ1v) is 7.66. The molecule has 6 nitrogen and oxygen atoms in total. The maximum absolute atomic E-state index is 11.6. The van der Waals surface area contributed by atoms with Gasteiger partial charge in [0.1, 0.15) is 9.84 Å². The number of hydrogen-bond donors (Lipinski definition) is 2. The Morgan fingerprint density at radius 3 is 2.17 bits per heavy atom. The molecule has 106 valence electrons. The number of amides is 1. The average Bonchev–Trinajstić information content (AvgIpc) is 1.92. The van der Waals surface area contributed by atoms with Crippen molar-refractivity contribution in [2.75, 3.05) is 12.0 Å². The molecule has 1 atom stereocenters. The Bertz CT molecular complexity index is 413. The van der Waals surface area contributed by atoms with Gasteiger partial charge in [0.15, 0.2) is 0 Å². The Hall–Kier alpha value is -1.11. The topological polar surface area (TPSA) is 101 Å². The minimum absolute atomic E-state index is 0.0490. The Kier molecular flexibility index (Phi) is 5.79. The SMILES string of the molecule is CC(CS(C)(=O)=O)NC(=O)CC(C)(C)CC(=O)O. The zero-order valence-electron chi connectivity index (χ0n) is 11.2. The third kappa shape index (κ3) is 8.98. The first-order valence-electron chi connectivity index (χ1n) is 5.60. The smallest absolute Gasteiger partial charge is 0.303 e. The highest BCUT2D eigenvalue weighted by Crippen LogP contribution is 2.24. The number of hydrogen-bond acceptors (Lipinski definition) is 4. The quantitative estimate of drug-likeness (QED) is 0.703. The van der Waals surface area contributed by atoms with Crippen LogP contribution in [0, 0.1) is 5.41 Å². The van der Waals surface area contributed by atoms with Crippen LogP contribution in [0.5, 0.6) is 0 Å². The van der Waals surface area contributed by atoms with Gasteiger partial charge in [0.25, 0.3) is 0 Å². The fourth-order valence-corrected chi connectivity index (χ4v) is 2.72. The minimum atomic E-state index is -3.14. The zero-order valence-corrected chi connectivity index (χ0v) is 12.0. The van der Waals surface area contributed by atoms with Crippen LogP contribution in [0.2, 0.25) is 0 Å². The van der Waals surface area contributed by atoms with Gasteiger partial charge in [0.2, 0.25) is 5.91 Å². The lowest BCUT2D eigenvalue weighted by Crippen LogP contribution is -2.39. The summed E-state index contributed by atoms with van der Waals surface area (Å²) in [6.07, 6.45) is 1.04. The molecule has 0 heterocycles. The summed E-state index contributed by atoms with van der Waals surface area (Å²) in [7, 11) is -3.14. The second-order valence-corrected chi connectivity index (χ2v) is 7.66. The van der Waals surface area contributed by atoms with Crippen molar-refractivity contribution in [1.29, 1.82) is 0 Å². The van der Waals surface area contributed by atoms with Gasteiger partial charge in [-0.3, -0.25) is 9.59 Å². The minimum Gasteiger partial charge on any atom is -0.481 e. The molecule has 0 aliphatic carbocycles. The Labute approximate surface area is 108 Å². The van der Waals surface area contributed by atoms with Crippen LogP contribution in [-0.4, -0.2) is 43.5 Å². The Morgan fingerprint density at radius 1 is 1.28 bits per heavy atom. The van der Waals surface area contributed by atoms with Gasteiger partial charge in [-0.2, -0.15) is 0 Å². The van der Waals surface area contributed by atoms with Crippen molar-refractivity contribution in [2.24, 2.45) is 5.41 Å². The number of aliphatic carboxylic acids is 1. The summed E-state index contributed by atoms with van der Waals surface area (Å²) < 4.78 is 22.0. The summed E-state index contributed by atoms with van der Waals surface area (Å²) in [6, 6.07) is -0.479. The normalized spacial score (nSPS) is 14.0. The molecule has 0 saturated carbocycles. The highest BCUT2D eigenvalue weighted by Gasteiger charge is 2.26. The van der Waals surface area contributed by atoms with E-state index >= 15 is 0 Å². The molecule has 0 saturated heterocycles. The molecule has 0 aliphatic rings. The molecule has 1 unspecified atom stereocenters. The number of sulfone groups is 1. The van der Waals surface area contributed by atoms with Gasteiger partial charge < -0.3 is 10.4 Å². The largest absolute Gasteiger partial charge is 0.481 e. The maximum Gasteiger partial charge on any atom is 0.303 e. The number of nitrogens with one attached hydrogen (secondary N) is 1. The van der Waals surface area contributed by atoms with Crippen LogP contribution < -0.4 is 5.32 Å². The number of carboxylic acid groups (broad SMARTS) is 1. The van der Waals surface area contributed by atoms with E-state index in [0.29, 0.717) is 0 Å². The summed E-state index contributed by atoms with van der Waals surface area (Å²) in [6.45, 7) is 4.97. The molecule has 0 spiro atoms. The van der Waals surface area contributed by atoms with E-state index in [9.17, 15) is 18.0 Å². The predicted octanol–water partition coefficient (Wildman–Crippen LogP) is 0.427. The Balaban J connectivity index is 4.31. The molecule has 0 aliphatic heterocycles. The zero-order chi connectivity index (χ0) is 14.6. The molecule has 1 amide bonds. The molecular weight excluding hydrogens is 258 g/mol. The highest BCUT2D eigenvalue weighted by atomic mass is 32.2. The van der Waals surface area contributed by atoms with Gasteiger partial charge in [0, 0.05) is 18.7 Å². The molecule has 18 heavy (non-hydrogen) atoms. The van der Waals surface area contributed by atoms with Gasteiger partial charge in [-0.25, -0.2) is 8.42 Å². The van der Waals surface area contributed by atoms with Crippen LogP contribution in [0.25, 0.3) is 0 Å². The highest BCUT2D eigenvalue weighted by molar-refractivity contribution is 7.90. The molecule has 2 N–H and O–H groups in total. The summed E-state index contributed by atoms with van der Waals surface area (Å²) in [4.78, 5) is 22.2. The molecule has 0 aromatic carbocycles. The first-order chi connectivity index (χ1) is 7.91. The van der Waals surface area contributed by atoms with Gasteiger partial charge in [-0.15, -0.1) is 0 Å². The van der Waals surface area contributed by atoms with E-state index in [2.05, 4.69) is 5.32 Å². The lowest BCUT2D eigenvalue weighted by molar-refractivity contribution is -0.139. The summed E-state index contributed by atoms with van der Waals surface area (Å²) in [5.41, 5.74) is -0.652. The predicted molar refractivity (Wildman–Crippen MR) is 68.0 cm³/mol. The fourth-order valence-electron chi connectivity index (χ4n) is 1.73. The molecular formula is C11H21NO5S. The van der Waals surface area contributed by atoms with E-state index in [1.165, 1.54) is 0 Å². The fraction of sp³-hybridized carbons (Fsp3) is 0.818. The van der Waals surface area contributed by atoms with Crippen LogP contribution in [0.15, 0.2) is 0 Å². The van der Waals surface area contributed by atoms with Gasteiger partial charge >= 0.3 is 5.97 Å². The van der Waals surface area contributed by atoms with Gasteiger partial charge in [-0.1, -0.05) is 13.8 Å². The van der Waals surface area contributed by atoms with Crippen molar-refractivity contribution in [1.82, 2.24) is 5.32 Å². The number of carbonyl (C=O) groups is 2. The van der Waals surface area contributed by atoms with Crippen molar-refractivity contribution < 1.29 is 23.1 Å². The van der Waals surface area contributed by atoms with E-state index in [-0.39, 0.29) is 24.5 Å². The number of carbonyl (C=O) groups excluding carboxylic acids is 1. The molecule has 0 aromatic heterocycles. The van der Waals surface area contributed by atoms with Crippen LogP contribution in [0.1, 0.15) is 33.6 Å². The van der Waals surface area contributed by atoms with Crippen molar-refractivity contribution in [3.8, 4) is 0 Å². The average molecular weight is 279 g/mol. The summed E-state index contributed by atoms with van der Waals surface area (Å²) >= 11 is 0. The molecule has 0 aromatic rings. The lowest BCUT2D eigenvalue weighted by Gasteiger charge is -2.22. The molecule has 0 bridgehead atoms. The molecule has 0 rings (SSSR count). The van der Waals surface area contributed by atoms with E-state index < -0.39 is 27.3 Å². The number of carboxylic acids is 1. The van der Waals surface area contributed by atoms with E-state index in [0.717, 1.165) is 6.26 Å². The monoisotopic (exact) mass is 279 g/mol. The van der Waals surface area contributed by atoms with Crippen molar-refractivity contribution in [2.45, 2.75) is 39.7 Å². The van der Waals surface area contributed by atoms with Gasteiger partial charge in [-0.05, 0) is 12.3 Å².